The van der Waals surface area contributed by atoms with Crippen LogP contribution in [-0.4, -0.2) is 23.3 Å². The van der Waals surface area contributed by atoms with Crippen LogP contribution < -0.4 is 0 Å². The third-order valence-corrected chi connectivity index (χ3v) is 1.96. The highest BCUT2D eigenvalue weighted by Crippen LogP contribution is 2.21. The van der Waals surface area contributed by atoms with Crippen LogP contribution in [-0.2, 0) is 9.59 Å². The lowest BCUT2D eigenvalue weighted by molar-refractivity contribution is -0.147. The van der Waals surface area contributed by atoms with Gasteiger partial charge in [0, 0.05) is 18.4 Å². The molecule has 0 aromatic carbocycles. The van der Waals surface area contributed by atoms with E-state index in [-0.39, 0.29) is 11.8 Å². The molecule has 0 aromatic rings. The van der Waals surface area contributed by atoms with Crippen LogP contribution in [0.4, 0.5) is 0 Å². The molecular weight excluding hydrogens is 154 g/mol. The molecule has 3 nitrogen and oxygen atoms in total. The maximum Gasteiger partial charge on any atom is 0.234 e. The molecule has 12 heavy (non-hydrogen) atoms. The van der Waals surface area contributed by atoms with Gasteiger partial charge >= 0.3 is 0 Å². The quantitative estimate of drug-likeness (QED) is 0.546. The van der Waals surface area contributed by atoms with Gasteiger partial charge in [0.2, 0.25) is 11.8 Å². The first kappa shape index (κ1) is 9.23. The Labute approximate surface area is 72.7 Å². The van der Waals surface area contributed by atoms with E-state index >= 15 is 0 Å². The summed E-state index contributed by atoms with van der Waals surface area (Å²) in [5.41, 5.74) is -0.431. The third kappa shape index (κ3) is 1.65. The molecule has 1 saturated heterocycles. The first-order valence-electron chi connectivity index (χ1n) is 4.28. The van der Waals surface area contributed by atoms with E-state index in [9.17, 15) is 9.59 Å². The van der Waals surface area contributed by atoms with Gasteiger partial charge in [-0.25, -0.2) is 0 Å². The van der Waals surface area contributed by atoms with Crippen molar-refractivity contribution in [1.82, 2.24) is 4.90 Å². The van der Waals surface area contributed by atoms with Gasteiger partial charge in [0.1, 0.15) is 0 Å². The normalized spacial score (nSPS) is 18.6. The molecule has 0 bridgehead atoms. The van der Waals surface area contributed by atoms with Gasteiger partial charge < -0.3 is 0 Å². The average molecular weight is 169 g/mol. The van der Waals surface area contributed by atoms with Gasteiger partial charge in [0.05, 0.1) is 0 Å². The largest absolute Gasteiger partial charge is 0.282 e. The molecule has 0 aromatic heterocycles. The highest BCUT2D eigenvalue weighted by molar-refractivity contribution is 5.98. The number of amides is 2. The zero-order chi connectivity index (χ0) is 9.35. The lowest BCUT2D eigenvalue weighted by atomic mass is 9.95. The van der Waals surface area contributed by atoms with Gasteiger partial charge in [-0.1, -0.05) is 20.8 Å². The lowest BCUT2D eigenvalue weighted by Gasteiger charge is -2.23. The van der Waals surface area contributed by atoms with Crippen molar-refractivity contribution in [3.8, 4) is 0 Å². The standard InChI is InChI=1S/C9H15NO2/c1-9(2,3)8(12)10-6-4-5-7(10)11/h4-6H2,1-3H3. The number of rotatable bonds is 0. The Morgan fingerprint density at radius 2 is 2.00 bits per heavy atom. The molecule has 1 aliphatic rings. The van der Waals surface area contributed by atoms with Gasteiger partial charge in [-0.3, -0.25) is 14.5 Å². The predicted molar refractivity (Wildman–Crippen MR) is 45.4 cm³/mol. The summed E-state index contributed by atoms with van der Waals surface area (Å²) in [6, 6.07) is 0. The van der Waals surface area contributed by atoms with E-state index in [0.29, 0.717) is 13.0 Å². The van der Waals surface area contributed by atoms with Crippen LogP contribution >= 0.6 is 0 Å². The van der Waals surface area contributed by atoms with Crippen LogP contribution in [0.25, 0.3) is 0 Å². The second kappa shape index (κ2) is 2.88. The van der Waals surface area contributed by atoms with Crippen molar-refractivity contribution in [3.63, 3.8) is 0 Å². The molecular formula is C9H15NO2. The van der Waals surface area contributed by atoms with Crippen molar-refractivity contribution < 1.29 is 9.59 Å². The molecule has 3 heteroatoms. The molecule has 0 N–H and O–H groups in total. The number of likely N-dealkylation sites (tertiary alicyclic amines) is 1. The van der Waals surface area contributed by atoms with Crippen molar-refractivity contribution >= 4 is 11.8 Å². The Morgan fingerprint density at radius 1 is 1.42 bits per heavy atom. The van der Waals surface area contributed by atoms with Crippen LogP contribution in [0, 0.1) is 5.41 Å². The fourth-order valence-corrected chi connectivity index (χ4v) is 1.27. The summed E-state index contributed by atoms with van der Waals surface area (Å²) in [7, 11) is 0. The van der Waals surface area contributed by atoms with Gasteiger partial charge in [-0.15, -0.1) is 0 Å². The topological polar surface area (TPSA) is 37.4 Å². The fraction of sp³-hybridized carbons (Fsp3) is 0.778. The van der Waals surface area contributed by atoms with E-state index < -0.39 is 5.41 Å². The lowest BCUT2D eigenvalue weighted by Crippen LogP contribution is -2.40. The summed E-state index contributed by atoms with van der Waals surface area (Å²) in [6.45, 7) is 6.11. The van der Waals surface area contributed by atoms with Crippen LogP contribution in [0.15, 0.2) is 0 Å². The first-order chi connectivity index (χ1) is 5.43. The Balaban J connectivity index is 2.71. The maximum absolute atomic E-state index is 11.6. The minimum atomic E-state index is -0.431. The van der Waals surface area contributed by atoms with Crippen molar-refractivity contribution in [2.24, 2.45) is 5.41 Å². The molecule has 0 unspecified atom stereocenters. The Morgan fingerprint density at radius 3 is 2.33 bits per heavy atom. The van der Waals surface area contributed by atoms with Gasteiger partial charge in [0.15, 0.2) is 0 Å². The van der Waals surface area contributed by atoms with E-state index in [1.807, 2.05) is 20.8 Å². The fourth-order valence-electron chi connectivity index (χ4n) is 1.27. The molecule has 1 rings (SSSR count). The molecule has 68 valence electrons. The van der Waals surface area contributed by atoms with Gasteiger partial charge in [-0.2, -0.15) is 0 Å². The number of hydrogen-bond donors (Lipinski definition) is 0. The van der Waals surface area contributed by atoms with Crippen LogP contribution in [0.5, 0.6) is 0 Å². The molecule has 2 amide bonds. The van der Waals surface area contributed by atoms with Crippen molar-refractivity contribution in [3.05, 3.63) is 0 Å². The zero-order valence-electron chi connectivity index (χ0n) is 7.89. The number of carbonyl (C=O) groups is 2. The van der Waals surface area contributed by atoms with Crippen LogP contribution in [0.3, 0.4) is 0 Å². The SMILES string of the molecule is CC(C)(C)C(=O)N1CCCC1=O. The average Bonchev–Trinajstić information content (AvgIpc) is 2.31. The van der Waals surface area contributed by atoms with Crippen molar-refractivity contribution in [1.29, 1.82) is 0 Å². The molecule has 1 heterocycles. The van der Waals surface area contributed by atoms with Gasteiger partial charge in [0.25, 0.3) is 0 Å². The highest BCUT2D eigenvalue weighted by atomic mass is 16.2. The van der Waals surface area contributed by atoms with E-state index in [1.54, 1.807) is 0 Å². The summed E-state index contributed by atoms with van der Waals surface area (Å²) in [5, 5.41) is 0. The Bertz CT molecular complexity index is 215. The number of hydrogen-bond acceptors (Lipinski definition) is 2. The first-order valence-corrected chi connectivity index (χ1v) is 4.28. The molecule has 1 fully saturated rings. The molecule has 0 radical (unpaired) electrons. The summed E-state index contributed by atoms with van der Waals surface area (Å²) >= 11 is 0. The zero-order valence-corrected chi connectivity index (χ0v) is 7.89. The van der Waals surface area contributed by atoms with Crippen LogP contribution in [0.2, 0.25) is 0 Å². The van der Waals surface area contributed by atoms with E-state index in [2.05, 4.69) is 0 Å². The van der Waals surface area contributed by atoms with E-state index in [1.165, 1.54) is 4.90 Å². The summed E-state index contributed by atoms with van der Waals surface area (Å²) < 4.78 is 0. The second-order valence-corrected chi connectivity index (χ2v) is 4.20. The molecule has 0 aliphatic carbocycles. The van der Waals surface area contributed by atoms with Crippen molar-refractivity contribution in [2.75, 3.05) is 6.54 Å². The predicted octanol–water partition coefficient (Wildman–Crippen LogP) is 1.18. The minimum absolute atomic E-state index is 0.0186. The number of imide groups is 1. The minimum Gasteiger partial charge on any atom is -0.282 e. The number of nitrogens with zero attached hydrogens (tertiary/aromatic N) is 1. The summed E-state index contributed by atoms with van der Waals surface area (Å²) in [5.74, 6) is -0.0695. The van der Waals surface area contributed by atoms with Gasteiger partial charge in [-0.05, 0) is 6.42 Å². The molecule has 0 atom stereocenters. The third-order valence-electron chi connectivity index (χ3n) is 1.96. The van der Waals surface area contributed by atoms with E-state index in [4.69, 9.17) is 0 Å². The van der Waals surface area contributed by atoms with Crippen molar-refractivity contribution in [2.45, 2.75) is 33.6 Å². The highest BCUT2D eigenvalue weighted by Gasteiger charge is 2.33. The second-order valence-electron chi connectivity index (χ2n) is 4.20. The molecule has 1 aliphatic heterocycles. The Hall–Kier alpha value is -0.860. The monoisotopic (exact) mass is 169 g/mol. The smallest absolute Gasteiger partial charge is 0.234 e. The molecule has 0 spiro atoms. The number of carbonyl (C=O) groups excluding carboxylic acids is 2. The summed E-state index contributed by atoms with van der Waals surface area (Å²) in [6.07, 6.45) is 1.35. The van der Waals surface area contributed by atoms with E-state index in [0.717, 1.165) is 6.42 Å². The maximum atomic E-state index is 11.6. The van der Waals surface area contributed by atoms with Crippen LogP contribution in [0.1, 0.15) is 33.6 Å². The molecule has 0 saturated carbocycles. The Kier molecular flexibility index (Phi) is 2.22. The summed E-state index contributed by atoms with van der Waals surface area (Å²) in [4.78, 5) is 24.1.